The Kier molecular flexibility index (Phi) is 7.32. The molecular formula is C20H20N3O4Y-. The van der Waals surface area contributed by atoms with Crippen molar-refractivity contribution in [2.45, 2.75) is 25.8 Å². The summed E-state index contributed by atoms with van der Waals surface area (Å²) in [6, 6.07) is 12.7. The molecule has 1 radical (unpaired) electrons. The van der Waals surface area contributed by atoms with Crippen molar-refractivity contribution in [2.24, 2.45) is 0 Å². The van der Waals surface area contributed by atoms with Gasteiger partial charge in [-0.1, -0.05) is 30.3 Å². The Morgan fingerprint density at radius 2 is 1.79 bits per heavy atom. The van der Waals surface area contributed by atoms with Gasteiger partial charge >= 0.3 is 0 Å². The van der Waals surface area contributed by atoms with Crippen molar-refractivity contribution in [1.82, 2.24) is 5.32 Å². The number of hydrogen-bond acceptors (Lipinski definition) is 4. The maximum Gasteiger partial charge on any atom is 0.246 e. The fourth-order valence-corrected chi connectivity index (χ4v) is 3.35. The molecule has 143 valence electrons. The quantitative estimate of drug-likeness (QED) is 0.720. The van der Waals surface area contributed by atoms with Gasteiger partial charge in [0.1, 0.15) is 12.6 Å². The van der Waals surface area contributed by atoms with Crippen molar-refractivity contribution in [3.63, 3.8) is 0 Å². The summed E-state index contributed by atoms with van der Waals surface area (Å²) in [5.41, 5.74) is 11.6. The first-order chi connectivity index (χ1) is 12.9. The van der Waals surface area contributed by atoms with E-state index < -0.39 is 12.1 Å². The summed E-state index contributed by atoms with van der Waals surface area (Å²) in [5.74, 6) is -0.802. The maximum absolute atomic E-state index is 12.2. The third-order valence-electron chi connectivity index (χ3n) is 4.52. The van der Waals surface area contributed by atoms with Crippen LogP contribution in [0.4, 0.5) is 10.5 Å². The van der Waals surface area contributed by atoms with Crippen LogP contribution < -0.4 is 10.6 Å². The smallest absolute Gasteiger partial charge is 0.246 e. The number of carbonyl (C=O) groups is 3. The van der Waals surface area contributed by atoms with E-state index in [1.54, 1.807) is 13.0 Å². The minimum atomic E-state index is -1.07. The predicted octanol–water partition coefficient (Wildman–Crippen LogP) is 3.45. The molecule has 1 aliphatic rings. The molecule has 28 heavy (non-hydrogen) atoms. The van der Waals surface area contributed by atoms with Gasteiger partial charge in [0.2, 0.25) is 17.9 Å². The molecule has 2 atom stereocenters. The van der Waals surface area contributed by atoms with Gasteiger partial charge in [-0.3, -0.25) is 14.4 Å². The molecular weight excluding hydrogens is 435 g/mol. The molecule has 2 aromatic carbocycles. The molecule has 2 unspecified atom stereocenters. The van der Waals surface area contributed by atoms with Crippen LogP contribution in [0.5, 0.6) is 0 Å². The van der Waals surface area contributed by atoms with E-state index in [-0.39, 0.29) is 57.0 Å². The SMILES string of the molecule is CC(=O)NC(C)C(=O)Nc1ccc2c(c1)C(COC([NH-])=O)c1ccccc1-2.[Y]. The molecule has 0 aromatic heterocycles. The number of hydrogen-bond donors (Lipinski definition) is 2. The minimum Gasteiger partial charge on any atom is -0.632 e. The van der Waals surface area contributed by atoms with E-state index in [1.165, 1.54) is 6.92 Å². The maximum atomic E-state index is 12.2. The molecule has 1 aliphatic carbocycles. The van der Waals surface area contributed by atoms with Crippen molar-refractivity contribution in [1.29, 1.82) is 0 Å². The van der Waals surface area contributed by atoms with Crippen LogP contribution in [-0.2, 0) is 47.0 Å². The monoisotopic (exact) mass is 455 g/mol. The van der Waals surface area contributed by atoms with Gasteiger partial charge in [0.15, 0.2) is 0 Å². The van der Waals surface area contributed by atoms with Crippen LogP contribution in [0.25, 0.3) is 16.9 Å². The van der Waals surface area contributed by atoms with E-state index in [4.69, 9.17) is 10.5 Å². The van der Waals surface area contributed by atoms with Crippen molar-refractivity contribution in [2.75, 3.05) is 11.9 Å². The summed E-state index contributed by atoms with van der Waals surface area (Å²) in [7, 11) is 0. The molecule has 8 heteroatoms. The molecule has 7 nitrogen and oxygen atoms in total. The van der Waals surface area contributed by atoms with E-state index in [0.29, 0.717) is 5.69 Å². The van der Waals surface area contributed by atoms with Crippen LogP contribution in [-0.4, -0.2) is 30.6 Å². The molecule has 0 heterocycles. The fourth-order valence-electron chi connectivity index (χ4n) is 3.35. The van der Waals surface area contributed by atoms with E-state index >= 15 is 0 Å². The minimum absolute atomic E-state index is 0. The Hall–Kier alpha value is -2.25. The molecule has 0 saturated heterocycles. The first-order valence-electron chi connectivity index (χ1n) is 8.56. The molecule has 0 spiro atoms. The van der Waals surface area contributed by atoms with Crippen molar-refractivity contribution >= 4 is 23.6 Å². The number of nitrogens with one attached hydrogen (secondary N) is 3. The Morgan fingerprint density at radius 1 is 1.11 bits per heavy atom. The summed E-state index contributed by atoms with van der Waals surface area (Å²) in [6.07, 6.45) is -1.07. The van der Waals surface area contributed by atoms with Gasteiger partial charge in [0.05, 0.1) is 0 Å². The van der Waals surface area contributed by atoms with Gasteiger partial charge in [-0.25, -0.2) is 0 Å². The summed E-state index contributed by atoms with van der Waals surface area (Å²) in [5, 5.41) is 5.33. The van der Waals surface area contributed by atoms with E-state index in [2.05, 4.69) is 10.6 Å². The van der Waals surface area contributed by atoms with Gasteiger partial charge in [-0.2, -0.15) is 0 Å². The number of rotatable bonds is 5. The molecule has 0 fully saturated rings. The second-order valence-corrected chi connectivity index (χ2v) is 6.45. The average molecular weight is 455 g/mol. The number of fused-ring (bicyclic) bond motifs is 3. The average Bonchev–Trinajstić information content (AvgIpc) is 2.92. The van der Waals surface area contributed by atoms with Crippen LogP contribution >= 0.6 is 0 Å². The topological polar surface area (TPSA) is 108 Å². The summed E-state index contributed by atoms with van der Waals surface area (Å²) >= 11 is 0. The molecule has 3 N–H and O–H groups in total. The molecule has 2 aromatic rings. The largest absolute Gasteiger partial charge is 0.632 e. The second-order valence-electron chi connectivity index (χ2n) is 6.45. The van der Waals surface area contributed by atoms with Crippen LogP contribution in [0.2, 0.25) is 0 Å². The standard InChI is InChI=1S/C20H21N3O4.Y/c1-11(22-12(2)24)19(25)23-13-7-8-16-14-5-3-4-6-15(14)18(17(16)9-13)10-27-20(21)26;/h3-9,11,18H,10H2,1-2H3,(H4,21,22,23,24,25,26);/p-1. The van der Waals surface area contributed by atoms with Crippen LogP contribution in [0.3, 0.4) is 0 Å². The van der Waals surface area contributed by atoms with Gasteiger partial charge < -0.3 is 21.1 Å². The van der Waals surface area contributed by atoms with Crippen molar-refractivity contribution < 1.29 is 51.8 Å². The number of ether oxygens (including phenoxy) is 1. The fraction of sp³-hybridized carbons (Fsp3) is 0.250. The Morgan fingerprint density at radius 3 is 2.46 bits per heavy atom. The number of anilines is 1. The molecule has 0 bridgehead atoms. The predicted molar refractivity (Wildman–Crippen MR) is 101 cm³/mol. The van der Waals surface area contributed by atoms with Crippen LogP contribution in [0.15, 0.2) is 42.5 Å². The van der Waals surface area contributed by atoms with E-state index in [9.17, 15) is 14.4 Å². The first-order valence-corrected chi connectivity index (χ1v) is 8.56. The molecule has 0 aliphatic heterocycles. The van der Waals surface area contributed by atoms with Crippen molar-refractivity contribution in [3.05, 3.63) is 59.3 Å². The number of carbonyl (C=O) groups excluding carboxylic acids is 3. The van der Waals surface area contributed by atoms with E-state index in [1.807, 2.05) is 36.4 Å². The molecule has 3 amide bonds. The first kappa shape index (κ1) is 22.0. The second kappa shape index (κ2) is 9.30. The third kappa shape index (κ3) is 4.77. The van der Waals surface area contributed by atoms with Gasteiger partial charge in [-0.15, -0.1) is 0 Å². The zero-order valence-corrected chi connectivity index (χ0v) is 18.5. The van der Waals surface area contributed by atoms with E-state index in [0.717, 1.165) is 22.3 Å². The van der Waals surface area contributed by atoms with Gasteiger partial charge in [0.25, 0.3) is 0 Å². The number of benzene rings is 2. The molecule has 0 saturated carbocycles. The zero-order valence-electron chi connectivity index (χ0n) is 15.6. The number of amides is 3. The Bertz CT molecular complexity index is 916. The third-order valence-corrected chi connectivity index (χ3v) is 4.52. The summed E-state index contributed by atoms with van der Waals surface area (Å²) in [4.78, 5) is 34.3. The molecule has 3 rings (SSSR count). The van der Waals surface area contributed by atoms with Crippen LogP contribution in [0.1, 0.15) is 30.9 Å². The van der Waals surface area contributed by atoms with Crippen LogP contribution in [0, 0.1) is 0 Å². The van der Waals surface area contributed by atoms with Crippen molar-refractivity contribution in [3.8, 4) is 11.1 Å². The summed E-state index contributed by atoms with van der Waals surface area (Å²) in [6.45, 7) is 3.02. The van der Waals surface area contributed by atoms with Gasteiger partial charge in [0, 0.05) is 51.2 Å². The Labute approximate surface area is 188 Å². The zero-order chi connectivity index (χ0) is 19.6. The Balaban J connectivity index is 0.00000280. The summed E-state index contributed by atoms with van der Waals surface area (Å²) < 4.78 is 4.94. The van der Waals surface area contributed by atoms with Gasteiger partial charge in [-0.05, 0) is 41.3 Å². The normalized spacial score (nSPS) is 14.7.